The molecule has 1 rings (SSSR count). The quantitative estimate of drug-likeness (QED) is 0.628. The van der Waals surface area contributed by atoms with Crippen molar-refractivity contribution in [1.29, 1.82) is 0 Å². The molecule has 1 aliphatic carbocycles. The van der Waals surface area contributed by atoms with Gasteiger partial charge in [-0.1, -0.05) is 26.2 Å². The highest BCUT2D eigenvalue weighted by Crippen LogP contribution is 2.23. The van der Waals surface area contributed by atoms with Gasteiger partial charge >= 0.3 is 5.97 Å². The Balaban J connectivity index is 2.06. The minimum Gasteiger partial charge on any atom is -0.465 e. The van der Waals surface area contributed by atoms with Gasteiger partial charge in [-0.25, -0.2) is 0 Å². The Kier molecular flexibility index (Phi) is 4.87. The van der Waals surface area contributed by atoms with Crippen LogP contribution in [0.4, 0.5) is 0 Å². The molecule has 0 saturated heterocycles. The zero-order chi connectivity index (χ0) is 9.52. The van der Waals surface area contributed by atoms with Gasteiger partial charge in [0.1, 0.15) is 0 Å². The van der Waals surface area contributed by atoms with E-state index in [9.17, 15) is 4.79 Å². The summed E-state index contributed by atoms with van der Waals surface area (Å²) in [6, 6.07) is 0. The molecule has 0 amide bonds. The second-order valence-corrected chi connectivity index (χ2v) is 3.94. The van der Waals surface area contributed by atoms with Crippen molar-refractivity contribution < 1.29 is 9.53 Å². The van der Waals surface area contributed by atoms with E-state index in [2.05, 4.69) is 0 Å². The van der Waals surface area contributed by atoms with Crippen molar-refractivity contribution in [2.24, 2.45) is 5.92 Å². The van der Waals surface area contributed by atoms with Crippen LogP contribution in [-0.2, 0) is 9.53 Å². The monoisotopic (exact) mass is 184 g/mol. The molecule has 1 saturated carbocycles. The predicted octanol–water partition coefficient (Wildman–Crippen LogP) is 2.91. The van der Waals surface area contributed by atoms with Crippen molar-refractivity contribution in [2.75, 3.05) is 6.61 Å². The van der Waals surface area contributed by atoms with Gasteiger partial charge in [0.05, 0.1) is 6.61 Å². The standard InChI is InChI=1S/C11H20O2/c1-2-6-11(12)13-9-10-7-4-3-5-8-10/h10H,2-9H2,1H3. The van der Waals surface area contributed by atoms with Crippen LogP contribution in [0.2, 0.25) is 0 Å². The lowest BCUT2D eigenvalue weighted by atomic mass is 9.90. The highest BCUT2D eigenvalue weighted by Gasteiger charge is 2.14. The molecule has 76 valence electrons. The van der Waals surface area contributed by atoms with Crippen LogP contribution < -0.4 is 0 Å². The van der Waals surface area contributed by atoms with Gasteiger partial charge in [-0.15, -0.1) is 0 Å². The molecule has 1 fully saturated rings. The molecule has 0 heterocycles. The second-order valence-electron chi connectivity index (χ2n) is 3.94. The maximum Gasteiger partial charge on any atom is 0.305 e. The molecule has 0 aromatic carbocycles. The fourth-order valence-corrected chi connectivity index (χ4v) is 1.84. The molecule has 1 aliphatic rings. The fraction of sp³-hybridized carbons (Fsp3) is 0.909. The number of rotatable bonds is 4. The average molecular weight is 184 g/mol. The molecule has 0 atom stereocenters. The molecule has 2 heteroatoms. The summed E-state index contributed by atoms with van der Waals surface area (Å²) in [6.45, 7) is 2.67. The molecular weight excluding hydrogens is 164 g/mol. The third kappa shape index (κ3) is 4.30. The summed E-state index contributed by atoms with van der Waals surface area (Å²) in [4.78, 5) is 11.1. The molecule has 0 radical (unpaired) electrons. The number of ether oxygens (including phenoxy) is 1. The molecule has 0 spiro atoms. The van der Waals surface area contributed by atoms with Gasteiger partial charge in [-0.05, 0) is 25.2 Å². The molecular formula is C11H20O2. The van der Waals surface area contributed by atoms with Crippen molar-refractivity contribution in [2.45, 2.75) is 51.9 Å². The molecule has 2 nitrogen and oxygen atoms in total. The second kappa shape index (κ2) is 6.01. The third-order valence-corrected chi connectivity index (χ3v) is 2.66. The van der Waals surface area contributed by atoms with Crippen molar-refractivity contribution >= 4 is 5.97 Å². The smallest absolute Gasteiger partial charge is 0.305 e. The van der Waals surface area contributed by atoms with Gasteiger partial charge in [0.25, 0.3) is 0 Å². The average Bonchev–Trinajstić information content (AvgIpc) is 2.17. The molecule has 0 N–H and O–H groups in total. The van der Waals surface area contributed by atoms with Crippen molar-refractivity contribution in [3.63, 3.8) is 0 Å². The fourth-order valence-electron chi connectivity index (χ4n) is 1.84. The Morgan fingerprint density at radius 3 is 2.62 bits per heavy atom. The Hall–Kier alpha value is -0.530. The van der Waals surface area contributed by atoms with Crippen LogP contribution >= 0.6 is 0 Å². The Morgan fingerprint density at radius 2 is 2.00 bits per heavy atom. The maximum atomic E-state index is 11.1. The zero-order valence-corrected chi connectivity index (χ0v) is 8.55. The lowest BCUT2D eigenvalue weighted by Crippen LogP contribution is -2.16. The number of carbonyl (C=O) groups is 1. The summed E-state index contributed by atoms with van der Waals surface area (Å²) in [5.41, 5.74) is 0. The highest BCUT2D eigenvalue weighted by atomic mass is 16.5. The summed E-state index contributed by atoms with van der Waals surface area (Å²) >= 11 is 0. The van der Waals surface area contributed by atoms with Crippen LogP contribution in [0.15, 0.2) is 0 Å². The van der Waals surface area contributed by atoms with Crippen LogP contribution in [0.3, 0.4) is 0 Å². The molecule has 0 aromatic rings. The first-order chi connectivity index (χ1) is 6.33. The first-order valence-electron chi connectivity index (χ1n) is 5.48. The van der Waals surface area contributed by atoms with Crippen molar-refractivity contribution in [1.82, 2.24) is 0 Å². The van der Waals surface area contributed by atoms with E-state index in [0.29, 0.717) is 18.9 Å². The molecule has 13 heavy (non-hydrogen) atoms. The normalized spacial score (nSPS) is 18.5. The van der Waals surface area contributed by atoms with E-state index < -0.39 is 0 Å². The number of carbonyl (C=O) groups excluding carboxylic acids is 1. The van der Waals surface area contributed by atoms with E-state index in [4.69, 9.17) is 4.74 Å². The minimum atomic E-state index is -0.0203. The summed E-state index contributed by atoms with van der Waals surface area (Å²) in [5, 5.41) is 0. The van der Waals surface area contributed by atoms with E-state index >= 15 is 0 Å². The topological polar surface area (TPSA) is 26.3 Å². The first-order valence-corrected chi connectivity index (χ1v) is 5.48. The lowest BCUT2D eigenvalue weighted by molar-refractivity contribution is -0.145. The van der Waals surface area contributed by atoms with E-state index in [1.165, 1.54) is 32.1 Å². The van der Waals surface area contributed by atoms with E-state index in [1.54, 1.807) is 0 Å². The van der Waals surface area contributed by atoms with Crippen LogP contribution in [0.5, 0.6) is 0 Å². The largest absolute Gasteiger partial charge is 0.465 e. The van der Waals surface area contributed by atoms with E-state index in [-0.39, 0.29) is 5.97 Å². The van der Waals surface area contributed by atoms with Crippen molar-refractivity contribution in [3.05, 3.63) is 0 Å². The SMILES string of the molecule is CCCC(=O)OCC1CCCCC1. The summed E-state index contributed by atoms with van der Waals surface area (Å²) < 4.78 is 5.18. The Bertz CT molecular complexity index is 148. The third-order valence-electron chi connectivity index (χ3n) is 2.66. The lowest BCUT2D eigenvalue weighted by Gasteiger charge is -2.20. The number of hydrogen-bond acceptors (Lipinski definition) is 2. The Labute approximate surface area is 80.7 Å². The van der Waals surface area contributed by atoms with Gasteiger partial charge < -0.3 is 4.74 Å². The van der Waals surface area contributed by atoms with Gasteiger partial charge in [0.2, 0.25) is 0 Å². The summed E-state index contributed by atoms with van der Waals surface area (Å²) in [7, 11) is 0. The van der Waals surface area contributed by atoms with Crippen LogP contribution in [0.1, 0.15) is 51.9 Å². The van der Waals surface area contributed by atoms with E-state index in [0.717, 1.165) is 6.42 Å². The van der Waals surface area contributed by atoms with Crippen LogP contribution in [-0.4, -0.2) is 12.6 Å². The molecule has 0 aromatic heterocycles. The highest BCUT2D eigenvalue weighted by molar-refractivity contribution is 5.69. The Morgan fingerprint density at radius 1 is 1.31 bits per heavy atom. The van der Waals surface area contributed by atoms with E-state index in [1.807, 2.05) is 6.92 Å². The van der Waals surface area contributed by atoms with Gasteiger partial charge in [0.15, 0.2) is 0 Å². The first kappa shape index (κ1) is 10.6. The summed E-state index contributed by atoms with van der Waals surface area (Å²) in [6.07, 6.45) is 7.96. The maximum absolute atomic E-state index is 11.1. The number of hydrogen-bond donors (Lipinski definition) is 0. The zero-order valence-electron chi connectivity index (χ0n) is 8.55. The minimum absolute atomic E-state index is 0.0203. The molecule has 0 bridgehead atoms. The molecule has 0 aliphatic heterocycles. The molecule has 0 unspecified atom stereocenters. The van der Waals surface area contributed by atoms with Gasteiger partial charge in [0, 0.05) is 6.42 Å². The van der Waals surface area contributed by atoms with Gasteiger partial charge in [-0.3, -0.25) is 4.79 Å². The van der Waals surface area contributed by atoms with Crippen molar-refractivity contribution in [3.8, 4) is 0 Å². The number of esters is 1. The van der Waals surface area contributed by atoms with Crippen LogP contribution in [0.25, 0.3) is 0 Å². The van der Waals surface area contributed by atoms with Gasteiger partial charge in [-0.2, -0.15) is 0 Å². The van der Waals surface area contributed by atoms with Crippen LogP contribution in [0, 0.1) is 5.92 Å². The predicted molar refractivity (Wildman–Crippen MR) is 52.4 cm³/mol. The summed E-state index contributed by atoms with van der Waals surface area (Å²) in [5.74, 6) is 0.627.